The van der Waals surface area contributed by atoms with E-state index in [1.54, 1.807) is 6.92 Å². The highest BCUT2D eigenvalue weighted by Gasteiger charge is 2.48. The lowest BCUT2D eigenvalue weighted by molar-refractivity contribution is 0.285. The molecule has 1 unspecified atom stereocenters. The van der Waals surface area contributed by atoms with Crippen molar-refractivity contribution in [3.05, 3.63) is 0 Å². The molecule has 0 rings (SSSR count). The molecule has 0 heterocycles. The van der Waals surface area contributed by atoms with Gasteiger partial charge in [0.05, 0.1) is 0 Å². The Hall–Kier alpha value is 0.640. The molecule has 1 N–H and O–H groups in total. The third-order valence-electron chi connectivity index (χ3n) is 3.60. The smallest absolute Gasteiger partial charge is 0.280 e. The second kappa shape index (κ2) is 6.70. The fraction of sp³-hybridized carbons (Fsp3) is 1.00. The van der Waals surface area contributed by atoms with E-state index in [0.717, 1.165) is 19.3 Å². The highest BCUT2D eigenvalue weighted by Crippen LogP contribution is 2.46. The molecule has 0 aromatic rings. The van der Waals surface area contributed by atoms with Crippen molar-refractivity contribution >= 4 is 32.7 Å². The zero-order chi connectivity index (χ0) is 13.7. The van der Waals surface area contributed by atoms with Gasteiger partial charge in [0, 0.05) is 0 Å². The number of unbranched alkanes of at least 4 members (excludes halogenated alkanes) is 4. The van der Waals surface area contributed by atoms with Gasteiger partial charge in [-0.25, -0.2) is 0 Å². The lowest BCUT2D eigenvalue weighted by Crippen LogP contribution is -2.43. The van der Waals surface area contributed by atoms with E-state index in [4.69, 9.17) is 0 Å². The third kappa shape index (κ3) is 5.03. The Balaban J connectivity index is 4.38. The lowest BCUT2D eigenvalue weighted by atomic mass is 9.84. The van der Waals surface area contributed by atoms with Crippen LogP contribution in [0.25, 0.3) is 0 Å². The number of rotatable bonds is 8. The van der Waals surface area contributed by atoms with Crippen molar-refractivity contribution in [2.24, 2.45) is 5.41 Å². The second-order valence-corrected chi connectivity index (χ2v) is 10.1. The molecule has 0 aromatic heterocycles. The molecule has 0 aromatic carbocycles. The van der Waals surface area contributed by atoms with Crippen LogP contribution in [0.2, 0.25) is 0 Å². The molecule has 3 nitrogen and oxygen atoms in total. The molecule has 0 fully saturated rings. The van der Waals surface area contributed by atoms with Gasteiger partial charge in [-0.15, -0.1) is 0 Å². The van der Waals surface area contributed by atoms with Crippen LogP contribution in [0.5, 0.6) is 0 Å². The number of alkyl halides is 1. The molecule has 17 heavy (non-hydrogen) atoms. The molecule has 1 atom stereocenters. The van der Waals surface area contributed by atoms with Crippen LogP contribution in [0.3, 0.4) is 0 Å². The molecule has 104 valence electrons. The van der Waals surface area contributed by atoms with Gasteiger partial charge in [0.25, 0.3) is 10.1 Å². The van der Waals surface area contributed by atoms with Crippen molar-refractivity contribution in [2.75, 3.05) is 0 Å². The third-order valence-corrected chi connectivity index (χ3v) is 8.25. The highest BCUT2D eigenvalue weighted by atomic mass is 127. The minimum atomic E-state index is -4.02. The van der Waals surface area contributed by atoms with E-state index in [9.17, 15) is 13.0 Å². The molecule has 5 heteroatoms. The summed E-state index contributed by atoms with van der Waals surface area (Å²) in [5.41, 5.74) is -0.423. The van der Waals surface area contributed by atoms with E-state index >= 15 is 0 Å². The summed E-state index contributed by atoms with van der Waals surface area (Å²) in [6.07, 6.45) is 6.61. The van der Waals surface area contributed by atoms with Crippen molar-refractivity contribution in [2.45, 2.75) is 69.0 Å². The van der Waals surface area contributed by atoms with Gasteiger partial charge in [0.15, 0.2) is 2.75 Å². The van der Waals surface area contributed by atoms with Crippen LogP contribution in [0.1, 0.15) is 66.2 Å². The van der Waals surface area contributed by atoms with E-state index in [0.29, 0.717) is 0 Å². The molecule has 0 aliphatic heterocycles. The lowest BCUT2D eigenvalue weighted by Gasteiger charge is -2.37. The topological polar surface area (TPSA) is 54.4 Å². The molecule has 0 radical (unpaired) electrons. The minimum absolute atomic E-state index is 0.423. The Morgan fingerprint density at radius 2 is 1.53 bits per heavy atom. The molecule has 0 aliphatic rings. The molecule has 0 spiro atoms. The number of hydrogen-bond donors (Lipinski definition) is 1. The number of halogens is 1. The largest absolute Gasteiger partial charge is 0.285 e. The van der Waals surface area contributed by atoms with Gasteiger partial charge in [-0.05, 0) is 18.8 Å². The summed E-state index contributed by atoms with van der Waals surface area (Å²) in [6, 6.07) is 0. The van der Waals surface area contributed by atoms with Gasteiger partial charge in [0.2, 0.25) is 0 Å². The maximum Gasteiger partial charge on any atom is 0.280 e. The first-order valence-corrected chi connectivity index (χ1v) is 8.74. The monoisotopic (exact) mass is 376 g/mol. The van der Waals surface area contributed by atoms with Crippen molar-refractivity contribution in [1.29, 1.82) is 0 Å². The highest BCUT2D eigenvalue weighted by molar-refractivity contribution is 14.1. The summed E-state index contributed by atoms with van der Waals surface area (Å²) in [7, 11) is -4.02. The van der Waals surface area contributed by atoms with Crippen molar-refractivity contribution in [1.82, 2.24) is 0 Å². The normalized spacial score (nSPS) is 16.8. The maximum atomic E-state index is 11.4. The Morgan fingerprint density at radius 1 is 1.06 bits per heavy atom. The van der Waals surface area contributed by atoms with Crippen LogP contribution in [0.15, 0.2) is 0 Å². The van der Waals surface area contributed by atoms with Crippen LogP contribution in [-0.4, -0.2) is 15.7 Å². The van der Waals surface area contributed by atoms with Crippen molar-refractivity contribution < 1.29 is 13.0 Å². The van der Waals surface area contributed by atoms with Gasteiger partial charge >= 0.3 is 0 Å². The molecular formula is C12H25IO3S. The van der Waals surface area contributed by atoms with E-state index in [1.807, 2.05) is 36.4 Å². The summed E-state index contributed by atoms with van der Waals surface area (Å²) >= 11 is 1.86. The first-order valence-electron chi connectivity index (χ1n) is 6.22. The van der Waals surface area contributed by atoms with E-state index in [-0.39, 0.29) is 0 Å². The first-order chi connectivity index (χ1) is 7.56. The zero-order valence-electron chi connectivity index (χ0n) is 11.3. The van der Waals surface area contributed by atoms with Gasteiger partial charge in [-0.2, -0.15) is 8.42 Å². The van der Waals surface area contributed by atoms with E-state index in [1.165, 1.54) is 19.3 Å². The Kier molecular flexibility index (Phi) is 6.96. The maximum absolute atomic E-state index is 11.4. The fourth-order valence-electron chi connectivity index (χ4n) is 1.74. The Labute approximate surface area is 120 Å². The van der Waals surface area contributed by atoms with E-state index < -0.39 is 18.3 Å². The molecule has 0 bridgehead atoms. The average molecular weight is 376 g/mol. The molecular weight excluding hydrogens is 351 g/mol. The Bertz CT molecular complexity index is 321. The molecule has 0 saturated carbocycles. The summed E-state index contributed by atoms with van der Waals surface area (Å²) in [6.45, 7) is 7.58. The molecule has 0 amide bonds. The van der Waals surface area contributed by atoms with Gasteiger partial charge in [-0.1, -0.05) is 75.5 Å². The van der Waals surface area contributed by atoms with E-state index in [2.05, 4.69) is 6.92 Å². The van der Waals surface area contributed by atoms with Gasteiger partial charge in [-0.3, -0.25) is 4.55 Å². The van der Waals surface area contributed by atoms with Crippen LogP contribution >= 0.6 is 22.6 Å². The summed E-state index contributed by atoms with van der Waals surface area (Å²) in [5.74, 6) is 0. The van der Waals surface area contributed by atoms with Crippen LogP contribution in [0, 0.1) is 5.41 Å². The molecule has 0 aliphatic carbocycles. The number of hydrogen-bond acceptors (Lipinski definition) is 2. The summed E-state index contributed by atoms with van der Waals surface area (Å²) in [4.78, 5) is 0. The molecule has 0 saturated heterocycles. The predicted molar refractivity (Wildman–Crippen MR) is 81.1 cm³/mol. The Morgan fingerprint density at radius 3 is 1.94 bits per heavy atom. The van der Waals surface area contributed by atoms with Crippen molar-refractivity contribution in [3.8, 4) is 0 Å². The van der Waals surface area contributed by atoms with Crippen LogP contribution in [0.4, 0.5) is 0 Å². The fourth-order valence-corrected chi connectivity index (χ4v) is 2.81. The minimum Gasteiger partial charge on any atom is -0.285 e. The van der Waals surface area contributed by atoms with Gasteiger partial charge in [0.1, 0.15) is 0 Å². The van der Waals surface area contributed by atoms with Crippen molar-refractivity contribution in [3.63, 3.8) is 0 Å². The second-order valence-electron chi connectivity index (χ2n) is 5.44. The van der Waals surface area contributed by atoms with Gasteiger partial charge < -0.3 is 0 Å². The summed E-state index contributed by atoms with van der Waals surface area (Å²) in [5, 5.41) is 0. The van der Waals surface area contributed by atoms with Crippen LogP contribution < -0.4 is 0 Å². The first kappa shape index (κ1) is 17.6. The standard InChI is InChI=1S/C12H25IO3S/c1-5-6-7-8-9-10-11(2,3)12(4,13)17(14,15)16/h5-10H2,1-4H3,(H,14,15,16). The average Bonchev–Trinajstić information content (AvgIpc) is 2.15. The van der Waals surface area contributed by atoms with Crippen LogP contribution in [-0.2, 0) is 10.1 Å². The predicted octanol–water partition coefficient (Wildman–Crippen LogP) is 4.41. The SMILES string of the molecule is CCCCCCCC(C)(C)C(C)(I)S(=O)(=O)O. The zero-order valence-corrected chi connectivity index (χ0v) is 14.3. The quantitative estimate of drug-likeness (QED) is 0.295. The summed E-state index contributed by atoms with van der Waals surface area (Å²) < 4.78 is 30.9.